The number of hydrogen-bond acceptors (Lipinski definition) is 3. The first-order chi connectivity index (χ1) is 14.3. The highest BCUT2D eigenvalue weighted by Gasteiger charge is 2.28. The molecule has 0 bridgehead atoms. The van der Waals surface area contributed by atoms with E-state index in [-0.39, 0.29) is 23.6 Å². The van der Waals surface area contributed by atoms with Crippen molar-refractivity contribution >= 4 is 46.8 Å². The Morgan fingerprint density at radius 2 is 1.73 bits per heavy atom. The molecule has 2 aromatic rings. The zero-order valence-corrected chi connectivity index (χ0v) is 19.9. The maximum absolute atomic E-state index is 13.1. The number of carbonyl (C=O) groups is 2. The van der Waals surface area contributed by atoms with Crippen LogP contribution in [0.15, 0.2) is 48.5 Å². The molecule has 0 saturated carbocycles. The third-order valence-corrected chi connectivity index (χ3v) is 6.22. The molecule has 0 aliphatic carbocycles. The Morgan fingerprint density at radius 1 is 1.03 bits per heavy atom. The van der Waals surface area contributed by atoms with Crippen molar-refractivity contribution in [2.75, 3.05) is 5.75 Å². The van der Waals surface area contributed by atoms with Crippen molar-refractivity contribution in [2.24, 2.45) is 0 Å². The predicted molar refractivity (Wildman–Crippen MR) is 127 cm³/mol. The molecule has 2 amide bonds. The highest BCUT2D eigenvalue weighted by Crippen LogP contribution is 2.25. The second-order valence-corrected chi connectivity index (χ2v) is 9.14. The molecule has 1 N–H and O–H groups in total. The van der Waals surface area contributed by atoms with Gasteiger partial charge >= 0.3 is 0 Å². The molecule has 0 saturated heterocycles. The molecule has 4 nitrogen and oxygen atoms in total. The van der Waals surface area contributed by atoms with Crippen LogP contribution in [-0.4, -0.2) is 34.6 Å². The van der Waals surface area contributed by atoms with Crippen LogP contribution in [0.4, 0.5) is 0 Å². The van der Waals surface area contributed by atoms with Crippen LogP contribution in [0.5, 0.6) is 0 Å². The summed E-state index contributed by atoms with van der Waals surface area (Å²) in [6.07, 6.45) is 0.550. The number of rotatable bonds is 10. The molecule has 0 heterocycles. The lowest BCUT2D eigenvalue weighted by molar-refractivity contribution is -0.139. The Hall–Kier alpha value is -1.69. The Bertz CT molecular complexity index is 846. The number of nitrogens with one attached hydrogen (secondary N) is 1. The number of nitrogens with zero attached hydrogens (tertiary/aromatic N) is 1. The monoisotopic (exact) mass is 466 g/mol. The molecule has 0 fully saturated rings. The van der Waals surface area contributed by atoms with E-state index in [2.05, 4.69) is 5.32 Å². The third-order valence-electron chi connectivity index (χ3n) is 4.49. The van der Waals surface area contributed by atoms with Crippen LogP contribution in [0.2, 0.25) is 10.0 Å². The van der Waals surface area contributed by atoms with Gasteiger partial charge in [-0.3, -0.25) is 9.59 Å². The van der Waals surface area contributed by atoms with Crippen molar-refractivity contribution in [2.45, 2.75) is 51.6 Å². The summed E-state index contributed by atoms with van der Waals surface area (Å²) in [6.45, 7) is 6.16. The van der Waals surface area contributed by atoms with Crippen molar-refractivity contribution in [3.05, 3.63) is 69.7 Å². The zero-order chi connectivity index (χ0) is 22.1. The normalized spacial score (nSPS) is 11.9. The van der Waals surface area contributed by atoms with Gasteiger partial charge in [-0.05, 0) is 43.5 Å². The average molecular weight is 467 g/mol. The molecule has 162 valence electrons. The van der Waals surface area contributed by atoms with Gasteiger partial charge < -0.3 is 10.2 Å². The Balaban J connectivity index is 2.10. The number of amides is 2. The molecular formula is C23H28Cl2N2O2S. The molecule has 1 atom stereocenters. The van der Waals surface area contributed by atoms with Gasteiger partial charge in [0.2, 0.25) is 11.8 Å². The zero-order valence-electron chi connectivity index (χ0n) is 17.5. The highest BCUT2D eigenvalue weighted by atomic mass is 35.5. The van der Waals surface area contributed by atoms with E-state index in [0.29, 0.717) is 28.8 Å². The third kappa shape index (κ3) is 7.53. The van der Waals surface area contributed by atoms with E-state index in [1.807, 2.05) is 63.2 Å². The maximum atomic E-state index is 13.1. The topological polar surface area (TPSA) is 49.4 Å². The summed E-state index contributed by atoms with van der Waals surface area (Å²) in [5.41, 5.74) is 2.00. The minimum Gasteiger partial charge on any atom is -0.352 e. The van der Waals surface area contributed by atoms with E-state index >= 15 is 0 Å². The van der Waals surface area contributed by atoms with E-state index in [4.69, 9.17) is 23.2 Å². The Kier molecular flexibility index (Phi) is 10.0. The maximum Gasteiger partial charge on any atom is 0.243 e. The minimum absolute atomic E-state index is 0.0178. The van der Waals surface area contributed by atoms with Crippen LogP contribution in [0, 0.1) is 0 Å². The Labute approximate surface area is 193 Å². The molecule has 0 unspecified atom stereocenters. The van der Waals surface area contributed by atoms with E-state index in [0.717, 1.165) is 11.1 Å². The summed E-state index contributed by atoms with van der Waals surface area (Å²) in [7, 11) is 0. The van der Waals surface area contributed by atoms with Gasteiger partial charge in [-0.1, -0.05) is 66.5 Å². The lowest BCUT2D eigenvalue weighted by Gasteiger charge is -2.31. The van der Waals surface area contributed by atoms with Gasteiger partial charge in [-0.2, -0.15) is 0 Å². The van der Waals surface area contributed by atoms with Gasteiger partial charge in [0.05, 0.1) is 15.8 Å². The number of thioether (sulfide) groups is 1. The summed E-state index contributed by atoms with van der Waals surface area (Å²) in [4.78, 5) is 27.6. The molecule has 0 aliphatic heterocycles. The standard InChI is InChI=1S/C23H28Cl2N2O2S/c1-4-21(23(29)26-16(2)3)27(13-17-8-6-5-7-9-17)22(28)15-30-14-18-10-11-19(24)20(25)12-18/h5-12,16,21H,4,13-15H2,1-3H3,(H,26,29)/t21-/m1/s1. The summed E-state index contributed by atoms with van der Waals surface area (Å²) >= 11 is 13.5. The molecule has 0 radical (unpaired) electrons. The predicted octanol–water partition coefficient (Wildman–Crippen LogP) is 5.56. The highest BCUT2D eigenvalue weighted by molar-refractivity contribution is 7.99. The summed E-state index contributed by atoms with van der Waals surface area (Å²) in [5, 5.41) is 3.96. The van der Waals surface area contributed by atoms with Crippen LogP contribution >= 0.6 is 35.0 Å². The smallest absolute Gasteiger partial charge is 0.243 e. The van der Waals surface area contributed by atoms with Crippen molar-refractivity contribution in [3.63, 3.8) is 0 Å². The van der Waals surface area contributed by atoms with E-state index in [9.17, 15) is 9.59 Å². The van der Waals surface area contributed by atoms with Gasteiger partial charge in [0.1, 0.15) is 6.04 Å². The molecule has 0 spiro atoms. The largest absolute Gasteiger partial charge is 0.352 e. The fourth-order valence-electron chi connectivity index (χ4n) is 3.05. The molecule has 7 heteroatoms. The van der Waals surface area contributed by atoms with Gasteiger partial charge in [0.15, 0.2) is 0 Å². The van der Waals surface area contributed by atoms with E-state index in [1.165, 1.54) is 11.8 Å². The van der Waals surface area contributed by atoms with E-state index in [1.54, 1.807) is 11.0 Å². The van der Waals surface area contributed by atoms with Crippen LogP contribution in [0.25, 0.3) is 0 Å². The van der Waals surface area contributed by atoms with Crippen molar-refractivity contribution in [1.29, 1.82) is 0 Å². The van der Waals surface area contributed by atoms with Crippen molar-refractivity contribution < 1.29 is 9.59 Å². The van der Waals surface area contributed by atoms with Crippen molar-refractivity contribution in [1.82, 2.24) is 10.2 Å². The average Bonchev–Trinajstić information content (AvgIpc) is 2.70. The fraction of sp³-hybridized carbons (Fsp3) is 0.391. The molecule has 0 aromatic heterocycles. The fourth-order valence-corrected chi connectivity index (χ4v) is 4.23. The van der Waals surface area contributed by atoms with E-state index < -0.39 is 6.04 Å². The molecule has 30 heavy (non-hydrogen) atoms. The van der Waals surface area contributed by atoms with Gasteiger partial charge in [0, 0.05) is 18.3 Å². The first-order valence-electron chi connectivity index (χ1n) is 9.97. The molecular weight excluding hydrogens is 439 g/mol. The van der Waals surface area contributed by atoms with Crippen LogP contribution in [0.3, 0.4) is 0 Å². The summed E-state index contributed by atoms with van der Waals surface area (Å²) in [5.74, 6) is 0.732. The van der Waals surface area contributed by atoms with Gasteiger partial charge in [-0.15, -0.1) is 11.8 Å². The number of carbonyl (C=O) groups excluding carboxylic acids is 2. The second-order valence-electron chi connectivity index (χ2n) is 7.34. The minimum atomic E-state index is -0.509. The van der Waals surface area contributed by atoms with Gasteiger partial charge in [0.25, 0.3) is 0 Å². The van der Waals surface area contributed by atoms with Crippen LogP contribution in [-0.2, 0) is 21.9 Å². The molecule has 2 aromatic carbocycles. The second kappa shape index (κ2) is 12.2. The number of benzene rings is 2. The van der Waals surface area contributed by atoms with Gasteiger partial charge in [-0.25, -0.2) is 0 Å². The molecule has 0 aliphatic rings. The summed E-state index contributed by atoms with van der Waals surface area (Å²) < 4.78 is 0. The quantitative estimate of drug-likeness (QED) is 0.498. The Morgan fingerprint density at radius 3 is 2.33 bits per heavy atom. The van der Waals surface area contributed by atoms with Crippen LogP contribution in [0.1, 0.15) is 38.3 Å². The van der Waals surface area contributed by atoms with Crippen LogP contribution < -0.4 is 5.32 Å². The lowest BCUT2D eigenvalue weighted by Crippen LogP contribution is -2.50. The number of halogens is 2. The summed E-state index contributed by atoms with van der Waals surface area (Å²) in [6, 6.07) is 14.7. The first-order valence-corrected chi connectivity index (χ1v) is 11.9. The number of hydrogen-bond donors (Lipinski definition) is 1. The first kappa shape index (κ1) is 24.6. The molecule has 2 rings (SSSR count). The van der Waals surface area contributed by atoms with Crippen molar-refractivity contribution in [3.8, 4) is 0 Å². The SMILES string of the molecule is CC[C@H](C(=O)NC(C)C)N(Cc1ccccc1)C(=O)CSCc1ccc(Cl)c(Cl)c1. The lowest BCUT2D eigenvalue weighted by atomic mass is 10.1.